The fourth-order valence-corrected chi connectivity index (χ4v) is 3.66. The first-order valence-corrected chi connectivity index (χ1v) is 7.39. The van der Waals surface area contributed by atoms with E-state index in [0.29, 0.717) is 0 Å². The summed E-state index contributed by atoms with van der Waals surface area (Å²) in [5.41, 5.74) is 2.86. The summed E-state index contributed by atoms with van der Waals surface area (Å²) in [6.07, 6.45) is 0.863. The van der Waals surface area contributed by atoms with Gasteiger partial charge in [-0.1, -0.05) is 54.6 Å². The predicted octanol–water partition coefficient (Wildman–Crippen LogP) is 3.68. The molecule has 2 heteroatoms. The Morgan fingerprint density at radius 1 is 0.889 bits per heavy atom. The molecular formula is C16H16OS. The van der Waals surface area contributed by atoms with Crippen LogP contribution in [0.4, 0.5) is 0 Å². The van der Waals surface area contributed by atoms with Crippen molar-refractivity contribution in [3.8, 4) is 11.1 Å². The van der Waals surface area contributed by atoms with Gasteiger partial charge >= 0.3 is 0 Å². The molecule has 1 fully saturated rings. The van der Waals surface area contributed by atoms with Crippen LogP contribution in [0.1, 0.15) is 12.0 Å². The minimum atomic E-state index is -0.611. The van der Waals surface area contributed by atoms with E-state index in [4.69, 9.17) is 0 Å². The highest BCUT2D eigenvalue weighted by atomic mass is 32.2. The number of hydrogen-bond donors (Lipinski definition) is 1. The van der Waals surface area contributed by atoms with Crippen molar-refractivity contribution in [1.29, 1.82) is 0 Å². The summed E-state index contributed by atoms with van der Waals surface area (Å²) in [7, 11) is 0. The molecule has 1 nitrogen and oxygen atoms in total. The first kappa shape index (κ1) is 11.8. The van der Waals surface area contributed by atoms with Crippen LogP contribution in [0.2, 0.25) is 0 Å². The van der Waals surface area contributed by atoms with Gasteiger partial charge in [-0.15, -0.1) is 0 Å². The van der Waals surface area contributed by atoms with Crippen molar-refractivity contribution < 1.29 is 5.11 Å². The number of rotatable bonds is 2. The van der Waals surface area contributed by atoms with Gasteiger partial charge in [0.15, 0.2) is 0 Å². The Balaban J connectivity index is 1.90. The lowest BCUT2D eigenvalue weighted by molar-refractivity contribution is 0.0658. The van der Waals surface area contributed by atoms with Crippen molar-refractivity contribution in [2.75, 3.05) is 11.5 Å². The largest absolute Gasteiger partial charge is 0.384 e. The second kappa shape index (κ2) is 4.79. The molecule has 1 saturated heterocycles. The van der Waals surface area contributed by atoms with Crippen LogP contribution in [-0.4, -0.2) is 16.6 Å². The van der Waals surface area contributed by atoms with Crippen molar-refractivity contribution in [1.82, 2.24) is 0 Å². The van der Waals surface area contributed by atoms with E-state index in [1.54, 1.807) is 0 Å². The molecule has 2 aromatic carbocycles. The number of aliphatic hydroxyl groups is 1. The van der Waals surface area contributed by atoms with Gasteiger partial charge in [0.25, 0.3) is 0 Å². The minimum Gasteiger partial charge on any atom is -0.384 e. The highest BCUT2D eigenvalue weighted by molar-refractivity contribution is 7.99. The third-order valence-corrected chi connectivity index (χ3v) is 4.70. The molecule has 0 aromatic heterocycles. The predicted molar refractivity (Wildman–Crippen MR) is 77.7 cm³/mol. The van der Waals surface area contributed by atoms with Crippen molar-refractivity contribution in [3.05, 3.63) is 60.2 Å². The zero-order chi connectivity index (χ0) is 12.4. The molecule has 2 aromatic rings. The van der Waals surface area contributed by atoms with Crippen LogP contribution in [0.25, 0.3) is 11.1 Å². The number of benzene rings is 2. The molecule has 0 bridgehead atoms. The fraction of sp³-hybridized carbons (Fsp3) is 0.250. The summed E-state index contributed by atoms with van der Waals surface area (Å²) in [6.45, 7) is 0. The van der Waals surface area contributed by atoms with E-state index < -0.39 is 5.60 Å². The van der Waals surface area contributed by atoms with E-state index in [9.17, 15) is 5.11 Å². The summed E-state index contributed by atoms with van der Waals surface area (Å²) in [4.78, 5) is 0. The zero-order valence-electron chi connectivity index (χ0n) is 10.2. The van der Waals surface area contributed by atoms with Crippen LogP contribution in [-0.2, 0) is 5.60 Å². The molecule has 0 amide bonds. The molecule has 1 aliphatic heterocycles. The minimum absolute atomic E-state index is 0.611. The van der Waals surface area contributed by atoms with Crippen molar-refractivity contribution >= 4 is 11.8 Å². The topological polar surface area (TPSA) is 20.2 Å². The number of thioether (sulfide) groups is 1. The fourth-order valence-electron chi connectivity index (χ4n) is 2.39. The third-order valence-electron chi connectivity index (χ3n) is 3.53. The Morgan fingerprint density at radius 3 is 2.17 bits per heavy atom. The van der Waals surface area contributed by atoms with Crippen molar-refractivity contribution in [2.24, 2.45) is 0 Å². The van der Waals surface area contributed by atoms with E-state index in [-0.39, 0.29) is 0 Å². The average Bonchev–Trinajstić information content (AvgIpc) is 2.88. The quantitative estimate of drug-likeness (QED) is 0.884. The van der Waals surface area contributed by atoms with Gasteiger partial charge < -0.3 is 5.11 Å². The summed E-state index contributed by atoms with van der Waals surface area (Å²) in [5, 5.41) is 10.5. The smallest absolute Gasteiger partial charge is 0.0994 e. The molecule has 1 heterocycles. The molecular weight excluding hydrogens is 240 g/mol. The molecule has 0 spiro atoms. The standard InChI is InChI=1S/C16H16OS/c17-16(10-11-18-12-16)15-8-6-14(7-9-15)13-4-2-1-3-5-13/h1-9,17H,10-12H2. The van der Waals surface area contributed by atoms with Gasteiger partial charge in [-0.05, 0) is 28.9 Å². The van der Waals surface area contributed by atoms with E-state index in [2.05, 4.69) is 36.4 Å². The first-order chi connectivity index (χ1) is 8.78. The lowest BCUT2D eigenvalue weighted by Gasteiger charge is -2.22. The van der Waals surface area contributed by atoms with Gasteiger partial charge in [-0.2, -0.15) is 11.8 Å². The molecule has 18 heavy (non-hydrogen) atoms. The number of hydrogen-bond acceptors (Lipinski definition) is 2. The maximum absolute atomic E-state index is 10.5. The van der Waals surface area contributed by atoms with Crippen LogP contribution in [0, 0.1) is 0 Å². The van der Waals surface area contributed by atoms with Crippen LogP contribution < -0.4 is 0 Å². The lowest BCUT2D eigenvalue weighted by Crippen LogP contribution is -2.24. The average molecular weight is 256 g/mol. The zero-order valence-corrected chi connectivity index (χ0v) is 11.0. The molecule has 0 saturated carbocycles. The van der Waals surface area contributed by atoms with E-state index in [1.165, 1.54) is 11.1 Å². The van der Waals surface area contributed by atoms with Crippen LogP contribution >= 0.6 is 11.8 Å². The van der Waals surface area contributed by atoms with Crippen molar-refractivity contribution in [2.45, 2.75) is 12.0 Å². The molecule has 0 radical (unpaired) electrons. The second-order valence-corrected chi connectivity index (χ2v) is 5.88. The monoisotopic (exact) mass is 256 g/mol. The Kier molecular flexibility index (Phi) is 3.14. The van der Waals surface area contributed by atoms with Crippen LogP contribution in [0.5, 0.6) is 0 Å². The highest BCUT2D eigenvalue weighted by Crippen LogP contribution is 2.37. The molecule has 0 aliphatic carbocycles. The molecule has 1 N–H and O–H groups in total. The van der Waals surface area contributed by atoms with E-state index in [0.717, 1.165) is 23.5 Å². The van der Waals surface area contributed by atoms with Gasteiger partial charge in [0, 0.05) is 5.75 Å². The SMILES string of the molecule is OC1(c2ccc(-c3ccccc3)cc2)CCSC1. The van der Waals surface area contributed by atoms with E-state index in [1.807, 2.05) is 30.0 Å². The van der Waals surface area contributed by atoms with E-state index >= 15 is 0 Å². The first-order valence-electron chi connectivity index (χ1n) is 6.24. The molecule has 92 valence electrons. The molecule has 3 rings (SSSR count). The van der Waals surface area contributed by atoms with Crippen LogP contribution in [0.15, 0.2) is 54.6 Å². The maximum atomic E-state index is 10.5. The molecule has 1 aliphatic rings. The van der Waals surface area contributed by atoms with Gasteiger partial charge in [0.2, 0.25) is 0 Å². The Labute approximate surface area is 112 Å². The summed E-state index contributed by atoms with van der Waals surface area (Å²) >= 11 is 1.83. The second-order valence-electron chi connectivity index (χ2n) is 4.78. The maximum Gasteiger partial charge on any atom is 0.0994 e. The Bertz CT molecular complexity index is 513. The van der Waals surface area contributed by atoms with Crippen molar-refractivity contribution in [3.63, 3.8) is 0 Å². The summed E-state index contributed by atoms with van der Waals surface area (Å²) in [5.74, 6) is 1.87. The Morgan fingerprint density at radius 2 is 1.56 bits per heavy atom. The normalized spacial score (nSPS) is 23.2. The summed E-state index contributed by atoms with van der Waals surface area (Å²) < 4.78 is 0. The molecule has 1 unspecified atom stereocenters. The molecule has 1 atom stereocenters. The lowest BCUT2D eigenvalue weighted by atomic mass is 9.92. The Hall–Kier alpha value is -1.25. The van der Waals surface area contributed by atoms with Crippen LogP contribution in [0.3, 0.4) is 0 Å². The van der Waals surface area contributed by atoms with Gasteiger partial charge in [0.1, 0.15) is 0 Å². The highest BCUT2D eigenvalue weighted by Gasteiger charge is 2.33. The van der Waals surface area contributed by atoms with Gasteiger partial charge in [-0.25, -0.2) is 0 Å². The van der Waals surface area contributed by atoms with Gasteiger partial charge in [-0.3, -0.25) is 0 Å². The third kappa shape index (κ3) is 2.18. The summed E-state index contributed by atoms with van der Waals surface area (Å²) in [6, 6.07) is 18.7. The van der Waals surface area contributed by atoms with Gasteiger partial charge in [0.05, 0.1) is 5.60 Å².